The fourth-order valence-corrected chi connectivity index (χ4v) is 7.68. The molecule has 1 aliphatic carbocycles. The van der Waals surface area contributed by atoms with Gasteiger partial charge in [0.2, 0.25) is 0 Å². The standard InChI is InChI=1S/C43H28N2O2/c1-43(2)32-18-8-6-14-28(32)37-27(16-10-19-33(37)43)26-22-23-35-31(24-26)38-30(17-11-21-36(38)46-35)40-41-39(29-15-7-9-20-34(29)47-41)44-42(45-40)25-12-4-3-5-13-25/h3-24H,1-2H3. The summed E-state index contributed by atoms with van der Waals surface area (Å²) >= 11 is 0. The average Bonchev–Trinajstić information content (AvgIpc) is 3.76. The largest absolute Gasteiger partial charge is 0.456 e. The number of furan rings is 2. The van der Waals surface area contributed by atoms with Gasteiger partial charge in [-0.15, -0.1) is 0 Å². The molecule has 6 aromatic carbocycles. The van der Waals surface area contributed by atoms with Crippen molar-refractivity contribution in [2.75, 3.05) is 0 Å². The van der Waals surface area contributed by atoms with Crippen molar-refractivity contribution < 1.29 is 8.83 Å². The second-order valence-electron chi connectivity index (χ2n) is 12.9. The summed E-state index contributed by atoms with van der Waals surface area (Å²) in [4.78, 5) is 10.2. The summed E-state index contributed by atoms with van der Waals surface area (Å²) < 4.78 is 13.0. The molecule has 3 heterocycles. The molecule has 0 saturated heterocycles. The van der Waals surface area contributed by atoms with Crippen LogP contribution in [-0.2, 0) is 5.41 Å². The predicted molar refractivity (Wildman–Crippen MR) is 190 cm³/mol. The van der Waals surface area contributed by atoms with Crippen molar-refractivity contribution in [3.63, 3.8) is 0 Å². The highest BCUT2D eigenvalue weighted by molar-refractivity contribution is 6.16. The minimum absolute atomic E-state index is 0.0665. The van der Waals surface area contributed by atoms with Crippen LogP contribution in [0.4, 0.5) is 0 Å². The van der Waals surface area contributed by atoms with E-state index in [9.17, 15) is 0 Å². The van der Waals surface area contributed by atoms with Gasteiger partial charge >= 0.3 is 0 Å². The highest BCUT2D eigenvalue weighted by atomic mass is 16.3. The molecule has 0 N–H and O–H groups in total. The van der Waals surface area contributed by atoms with Crippen LogP contribution in [0.5, 0.6) is 0 Å². The van der Waals surface area contributed by atoms with Gasteiger partial charge in [-0.05, 0) is 63.7 Å². The number of rotatable bonds is 3. The summed E-state index contributed by atoms with van der Waals surface area (Å²) in [6.07, 6.45) is 0. The van der Waals surface area contributed by atoms with E-state index in [1.807, 2.05) is 60.7 Å². The Balaban J connectivity index is 1.25. The zero-order chi connectivity index (χ0) is 31.3. The van der Waals surface area contributed by atoms with Gasteiger partial charge < -0.3 is 8.83 Å². The van der Waals surface area contributed by atoms with Gasteiger partial charge in [0.25, 0.3) is 0 Å². The van der Waals surface area contributed by atoms with E-state index in [1.165, 1.54) is 27.8 Å². The van der Waals surface area contributed by atoms with E-state index < -0.39 is 0 Å². The van der Waals surface area contributed by atoms with Gasteiger partial charge in [-0.3, -0.25) is 0 Å². The van der Waals surface area contributed by atoms with Crippen LogP contribution in [-0.4, -0.2) is 9.97 Å². The first-order valence-corrected chi connectivity index (χ1v) is 16.0. The Bertz CT molecular complexity index is 2710. The summed E-state index contributed by atoms with van der Waals surface area (Å²) in [7, 11) is 0. The molecule has 0 saturated carbocycles. The first-order valence-electron chi connectivity index (χ1n) is 16.0. The molecule has 47 heavy (non-hydrogen) atoms. The number of hydrogen-bond acceptors (Lipinski definition) is 4. The van der Waals surface area contributed by atoms with Crippen LogP contribution in [0.3, 0.4) is 0 Å². The zero-order valence-corrected chi connectivity index (χ0v) is 25.9. The Morgan fingerprint density at radius 1 is 0.511 bits per heavy atom. The molecular weight excluding hydrogens is 576 g/mol. The monoisotopic (exact) mass is 604 g/mol. The van der Waals surface area contributed by atoms with Crippen LogP contribution in [0.1, 0.15) is 25.0 Å². The normalized spacial score (nSPS) is 13.5. The molecule has 0 unspecified atom stereocenters. The number of hydrogen-bond donors (Lipinski definition) is 0. The maximum atomic E-state index is 6.51. The van der Waals surface area contributed by atoms with Crippen molar-refractivity contribution in [1.82, 2.24) is 9.97 Å². The molecule has 10 rings (SSSR count). The number of nitrogens with zero attached hydrogens (tertiary/aromatic N) is 2. The molecule has 9 aromatic rings. The fourth-order valence-electron chi connectivity index (χ4n) is 7.68. The van der Waals surface area contributed by atoms with Gasteiger partial charge in [-0.1, -0.05) is 117 Å². The maximum absolute atomic E-state index is 6.51. The van der Waals surface area contributed by atoms with Gasteiger partial charge in [0, 0.05) is 32.7 Å². The van der Waals surface area contributed by atoms with E-state index in [4.69, 9.17) is 18.8 Å². The lowest BCUT2D eigenvalue weighted by Crippen LogP contribution is -2.14. The minimum Gasteiger partial charge on any atom is -0.456 e. The zero-order valence-electron chi connectivity index (χ0n) is 25.9. The minimum atomic E-state index is -0.0665. The van der Waals surface area contributed by atoms with E-state index in [-0.39, 0.29) is 5.41 Å². The molecule has 3 aromatic heterocycles. The second-order valence-corrected chi connectivity index (χ2v) is 12.9. The van der Waals surface area contributed by atoms with E-state index >= 15 is 0 Å². The summed E-state index contributed by atoms with van der Waals surface area (Å²) in [6.45, 7) is 4.65. The van der Waals surface area contributed by atoms with Crippen molar-refractivity contribution in [1.29, 1.82) is 0 Å². The summed E-state index contributed by atoms with van der Waals surface area (Å²) in [5.74, 6) is 0.659. The smallest absolute Gasteiger partial charge is 0.180 e. The topological polar surface area (TPSA) is 52.1 Å². The van der Waals surface area contributed by atoms with Gasteiger partial charge in [0.1, 0.15) is 28.0 Å². The van der Waals surface area contributed by atoms with Crippen LogP contribution < -0.4 is 0 Å². The molecule has 222 valence electrons. The first-order chi connectivity index (χ1) is 23.1. The average molecular weight is 605 g/mol. The number of aromatic nitrogens is 2. The van der Waals surface area contributed by atoms with Crippen molar-refractivity contribution in [2.24, 2.45) is 0 Å². The van der Waals surface area contributed by atoms with Crippen molar-refractivity contribution in [3.05, 3.63) is 145 Å². The molecule has 0 aliphatic heterocycles. The molecule has 4 nitrogen and oxygen atoms in total. The van der Waals surface area contributed by atoms with E-state index in [1.54, 1.807) is 0 Å². The van der Waals surface area contributed by atoms with Crippen molar-refractivity contribution in [2.45, 2.75) is 19.3 Å². The lowest BCUT2D eigenvalue weighted by molar-refractivity contribution is 0.660. The number of para-hydroxylation sites is 1. The summed E-state index contributed by atoms with van der Waals surface area (Å²) in [5, 5.41) is 3.02. The highest BCUT2D eigenvalue weighted by Crippen LogP contribution is 2.52. The maximum Gasteiger partial charge on any atom is 0.180 e. The van der Waals surface area contributed by atoms with Crippen molar-refractivity contribution in [3.8, 4) is 44.9 Å². The molecule has 0 spiro atoms. The predicted octanol–water partition coefficient (Wildman–Crippen LogP) is 11.6. The van der Waals surface area contributed by atoms with Gasteiger partial charge in [-0.25, -0.2) is 9.97 Å². The molecule has 0 fully saturated rings. The van der Waals surface area contributed by atoms with Crippen LogP contribution >= 0.6 is 0 Å². The Labute approximate surface area is 271 Å². The van der Waals surface area contributed by atoms with E-state index in [0.29, 0.717) is 11.4 Å². The van der Waals surface area contributed by atoms with Crippen LogP contribution in [0, 0.1) is 0 Å². The molecule has 0 atom stereocenters. The van der Waals surface area contributed by atoms with Crippen molar-refractivity contribution >= 4 is 44.0 Å². The highest BCUT2D eigenvalue weighted by Gasteiger charge is 2.36. The number of fused-ring (bicyclic) bond motifs is 9. The summed E-state index contributed by atoms with van der Waals surface area (Å²) in [5.41, 5.74) is 14.2. The molecule has 1 aliphatic rings. The van der Waals surface area contributed by atoms with Crippen LogP contribution in [0.15, 0.2) is 142 Å². The third kappa shape index (κ3) is 3.70. The van der Waals surface area contributed by atoms with E-state index in [0.717, 1.165) is 60.8 Å². The second kappa shape index (κ2) is 9.51. The Hall–Kier alpha value is -6.00. The summed E-state index contributed by atoms with van der Waals surface area (Å²) in [6, 6.07) is 46.5. The molecule has 0 amide bonds. The Kier molecular flexibility index (Phi) is 5.31. The van der Waals surface area contributed by atoms with E-state index in [2.05, 4.69) is 86.6 Å². The lowest BCUT2D eigenvalue weighted by atomic mass is 9.82. The van der Waals surface area contributed by atoms with Gasteiger partial charge in [0.15, 0.2) is 11.4 Å². The third-order valence-corrected chi connectivity index (χ3v) is 9.92. The molecular formula is C43H28N2O2. The molecule has 0 bridgehead atoms. The molecule has 4 heteroatoms. The SMILES string of the molecule is CC1(C)c2ccccc2-c2c(-c3ccc4oc5cccc(-c6nc(-c7ccccc7)nc7c6oc6ccccc67)c5c4c3)cccc21. The fraction of sp³-hybridized carbons (Fsp3) is 0.0698. The third-order valence-electron chi connectivity index (χ3n) is 9.92. The van der Waals surface area contributed by atoms with Crippen LogP contribution in [0.2, 0.25) is 0 Å². The quantitative estimate of drug-likeness (QED) is 0.201. The first kappa shape index (κ1) is 26.2. The van der Waals surface area contributed by atoms with Crippen LogP contribution in [0.25, 0.3) is 88.9 Å². The lowest BCUT2D eigenvalue weighted by Gasteiger charge is -2.21. The Morgan fingerprint density at radius 2 is 1.21 bits per heavy atom. The molecule has 0 radical (unpaired) electrons. The van der Waals surface area contributed by atoms with Gasteiger partial charge in [0.05, 0.1) is 0 Å². The Morgan fingerprint density at radius 3 is 2.13 bits per heavy atom. The van der Waals surface area contributed by atoms with Gasteiger partial charge in [-0.2, -0.15) is 0 Å². The number of benzene rings is 6.